The number of methoxy groups -OCH3 is 1. The number of hydrogen-bond acceptors (Lipinski definition) is 4. The molecule has 0 spiro atoms. The van der Waals surface area contributed by atoms with Crippen molar-refractivity contribution in [2.75, 3.05) is 13.7 Å². The predicted octanol–water partition coefficient (Wildman–Crippen LogP) is 2.69. The number of esters is 1. The molecule has 3 nitrogen and oxygen atoms in total. The van der Waals surface area contributed by atoms with Crippen molar-refractivity contribution in [1.29, 1.82) is 0 Å². The highest BCUT2D eigenvalue weighted by molar-refractivity contribution is 9.10. The predicted molar refractivity (Wildman–Crippen MR) is 69.0 cm³/mol. The van der Waals surface area contributed by atoms with Crippen LogP contribution in [-0.4, -0.2) is 24.4 Å². The fourth-order valence-electron chi connectivity index (χ4n) is 1.03. The Balaban J connectivity index is 2.57. The molecule has 0 N–H and O–H groups in total. The quantitative estimate of drug-likeness (QED) is 0.686. The Morgan fingerprint density at radius 2 is 2.00 bits per heavy atom. The first-order valence-electron chi connectivity index (χ1n) is 4.65. The van der Waals surface area contributed by atoms with E-state index in [4.69, 9.17) is 4.74 Å². The number of halogens is 1. The second kappa shape index (κ2) is 5.59. The highest BCUT2D eigenvalue weighted by Crippen LogP contribution is 2.20. The van der Waals surface area contributed by atoms with E-state index in [1.54, 1.807) is 6.92 Å². The molecule has 0 amide bonds. The number of ether oxygens (including phenoxy) is 2. The summed E-state index contributed by atoms with van der Waals surface area (Å²) in [5.74, 6) is 0.278. The molecule has 1 rings (SSSR count). The van der Waals surface area contributed by atoms with Gasteiger partial charge in [-0.25, -0.2) is 0 Å². The van der Waals surface area contributed by atoms with Gasteiger partial charge in [0.15, 0.2) is 0 Å². The van der Waals surface area contributed by atoms with E-state index in [-0.39, 0.29) is 6.61 Å². The SMILES string of the molecule is COC(=O)C(C)(S)COc1ccc(Br)cc1. The highest BCUT2D eigenvalue weighted by atomic mass is 79.9. The topological polar surface area (TPSA) is 35.5 Å². The lowest BCUT2D eigenvalue weighted by molar-refractivity contribution is -0.143. The van der Waals surface area contributed by atoms with Crippen molar-refractivity contribution in [1.82, 2.24) is 0 Å². The molecule has 0 aliphatic heterocycles. The molecule has 88 valence electrons. The Morgan fingerprint density at radius 3 is 2.50 bits per heavy atom. The fourth-order valence-corrected chi connectivity index (χ4v) is 1.45. The lowest BCUT2D eigenvalue weighted by atomic mass is 10.2. The second-order valence-electron chi connectivity index (χ2n) is 3.51. The molecule has 1 aromatic carbocycles. The van der Waals surface area contributed by atoms with Crippen molar-refractivity contribution in [3.63, 3.8) is 0 Å². The van der Waals surface area contributed by atoms with Crippen molar-refractivity contribution < 1.29 is 14.3 Å². The van der Waals surface area contributed by atoms with Gasteiger partial charge >= 0.3 is 5.97 Å². The van der Waals surface area contributed by atoms with Crippen LogP contribution in [0.1, 0.15) is 6.92 Å². The Bertz CT molecular complexity index is 362. The van der Waals surface area contributed by atoms with Crippen molar-refractivity contribution >= 4 is 34.5 Å². The zero-order chi connectivity index (χ0) is 12.2. The molecule has 0 fully saturated rings. The average Bonchev–Trinajstić information content (AvgIpc) is 2.27. The molecule has 1 aromatic rings. The number of hydrogen-bond donors (Lipinski definition) is 1. The number of thiol groups is 1. The van der Waals surface area contributed by atoms with Gasteiger partial charge in [0.25, 0.3) is 0 Å². The smallest absolute Gasteiger partial charge is 0.324 e. The first-order valence-corrected chi connectivity index (χ1v) is 5.89. The summed E-state index contributed by atoms with van der Waals surface area (Å²) in [5, 5.41) is 0. The molecule has 1 unspecified atom stereocenters. The van der Waals surface area contributed by atoms with E-state index in [2.05, 4.69) is 33.3 Å². The molecule has 5 heteroatoms. The normalized spacial score (nSPS) is 14.0. The van der Waals surface area contributed by atoms with Gasteiger partial charge in [-0.3, -0.25) is 4.79 Å². The van der Waals surface area contributed by atoms with Gasteiger partial charge in [-0.2, -0.15) is 12.6 Å². The summed E-state index contributed by atoms with van der Waals surface area (Å²) in [7, 11) is 1.33. The summed E-state index contributed by atoms with van der Waals surface area (Å²) in [6.45, 7) is 1.81. The van der Waals surface area contributed by atoms with Gasteiger partial charge in [0.1, 0.15) is 17.1 Å². The van der Waals surface area contributed by atoms with Crippen molar-refractivity contribution in [3.8, 4) is 5.75 Å². The minimum Gasteiger partial charge on any atom is -0.492 e. The maximum absolute atomic E-state index is 11.3. The lowest BCUT2D eigenvalue weighted by Gasteiger charge is -2.20. The van der Waals surface area contributed by atoms with Gasteiger partial charge in [0.2, 0.25) is 0 Å². The Kier molecular flexibility index (Phi) is 4.68. The van der Waals surface area contributed by atoms with Gasteiger partial charge in [0, 0.05) is 4.47 Å². The molecular weight excluding hydrogens is 292 g/mol. The third-order valence-electron chi connectivity index (χ3n) is 1.96. The van der Waals surface area contributed by atoms with Crippen LogP contribution in [0.25, 0.3) is 0 Å². The molecule has 0 radical (unpaired) electrons. The first-order chi connectivity index (χ1) is 7.45. The van der Waals surface area contributed by atoms with Crippen LogP contribution in [0.4, 0.5) is 0 Å². The van der Waals surface area contributed by atoms with Crippen molar-refractivity contribution in [2.45, 2.75) is 11.7 Å². The molecule has 0 saturated heterocycles. The van der Waals surface area contributed by atoms with Crippen LogP contribution in [0.5, 0.6) is 5.75 Å². The van der Waals surface area contributed by atoms with Gasteiger partial charge in [-0.05, 0) is 31.2 Å². The second-order valence-corrected chi connectivity index (χ2v) is 5.41. The van der Waals surface area contributed by atoms with Crippen LogP contribution < -0.4 is 4.74 Å². The monoisotopic (exact) mass is 304 g/mol. The third kappa shape index (κ3) is 3.72. The largest absolute Gasteiger partial charge is 0.492 e. The molecule has 0 heterocycles. The summed E-state index contributed by atoms with van der Waals surface area (Å²) < 4.78 is 10.1. The molecule has 0 saturated carbocycles. The van der Waals surface area contributed by atoms with E-state index in [9.17, 15) is 4.79 Å². The summed E-state index contributed by atoms with van der Waals surface area (Å²) in [6, 6.07) is 7.35. The summed E-state index contributed by atoms with van der Waals surface area (Å²) >= 11 is 7.53. The van der Waals surface area contributed by atoms with E-state index in [0.29, 0.717) is 5.75 Å². The van der Waals surface area contributed by atoms with Crippen LogP contribution in [0, 0.1) is 0 Å². The average molecular weight is 305 g/mol. The maximum atomic E-state index is 11.3. The first kappa shape index (κ1) is 13.4. The summed E-state index contributed by atoms with van der Waals surface area (Å²) in [6.07, 6.45) is 0. The van der Waals surface area contributed by atoms with Gasteiger partial charge in [-0.15, -0.1) is 0 Å². The van der Waals surface area contributed by atoms with Gasteiger partial charge < -0.3 is 9.47 Å². The number of rotatable bonds is 4. The van der Waals surface area contributed by atoms with Crippen LogP contribution in [0.2, 0.25) is 0 Å². The Hall–Kier alpha value is -0.680. The molecule has 16 heavy (non-hydrogen) atoms. The highest BCUT2D eigenvalue weighted by Gasteiger charge is 2.31. The van der Waals surface area contributed by atoms with Crippen molar-refractivity contribution in [3.05, 3.63) is 28.7 Å². The summed E-state index contributed by atoms with van der Waals surface area (Å²) in [4.78, 5) is 11.3. The van der Waals surface area contributed by atoms with E-state index >= 15 is 0 Å². The van der Waals surface area contributed by atoms with Crippen LogP contribution in [-0.2, 0) is 9.53 Å². The van der Waals surface area contributed by atoms with Gasteiger partial charge in [-0.1, -0.05) is 15.9 Å². The van der Waals surface area contributed by atoms with E-state index in [1.165, 1.54) is 7.11 Å². The van der Waals surface area contributed by atoms with Crippen molar-refractivity contribution in [2.24, 2.45) is 0 Å². The molecular formula is C11H13BrO3S. The molecule has 0 aliphatic carbocycles. The Morgan fingerprint density at radius 1 is 1.44 bits per heavy atom. The lowest BCUT2D eigenvalue weighted by Crippen LogP contribution is -2.36. The van der Waals surface area contributed by atoms with Crippen LogP contribution in [0.15, 0.2) is 28.7 Å². The zero-order valence-electron chi connectivity index (χ0n) is 9.07. The van der Waals surface area contributed by atoms with Crippen LogP contribution >= 0.6 is 28.6 Å². The minimum absolute atomic E-state index is 0.157. The van der Waals surface area contributed by atoms with E-state index in [1.807, 2.05) is 24.3 Å². The maximum Gasteiger partial charge on any atom is 0.324 e. The van der Waals surface area contributed by atoms with E-state index in [0.717, 1.165) is 4.47 Å². The molecule has 0 aliphatic rings. The van der Waals surface area contributed by atoms with E-state index < -0.39 is 10.7 Å². The van der Waals surface area contributed by atoms with Gasteiger partial charge in [0.05, 0.1) is 7.11 Å². The summed E-state index contributed by atoms with van der Waals surface area (Å²) in [5.41, 5.74) is 0. The fraction of sp³-hybridized carbons (Fsp3) is 0.364. The zero-order valence-corrected chi connectivity index (χ0v) is 11.5. The number of carbonyl (C=O) groups excluding carboxylic acids is 1. The molecule has 0 bridgehead atoms. The minimum atomic E-state index is -0.943. The molecule has 1 atom stereocenters. The number of benzene rings is 1. The third-order valence-corrected chi connectivity index (χ3v) is 2.80. The van der Waals surface area contributed by atoms with Crippen LogP contribution in [0.3, 0.4) is 0 Å². The Labute approximate surface area is 109 Å². The standard InChI is InChI=1S/C11H13BrO3S/c1-11(16,10(13)14-2)7-15-9-5-3-8(12)4-6-9/h3-6,16H,7H2,1-2H3. The number of carbonyl (C=O) groups is 1. The molecule has 0 aromatic heterocycles.